The summed E-state index contributed by atoms with van der Waals surface area (Å²) in [4.78, 5) is 27.9. The van der Waals surface area contributed by atoms with E-state index in [9.17, 15) is 19.1 Å². The largest absolute Gasteiger partial charge is 0.387 e. The Bertz CT molecular complexity index is 666. The molecule has 0 saturated carbocycles. The van der Waals surface area contributed by atoms with Gasteiger partial charge in [-0.2, -0.15) is 0 Å². The molecule has 1 aromatic carbocycles. The van der Waals surface area contributed by atoms with E-state index in [2.05, 4.69) is 5.32 Å². The molecule has 1 spiro atoms. The normalized spacial score (nSPS) is 25.8. The summed E-state index contributed by atoms with van der Waals surface area (Å²) in [5.41, 5.74) is -0.398. The summed E-state index contributed by atoms with van der Waals surface area (Å²) in [7, 11) is 0. The molecule has 0 aliphatic carbocycles. The first-order valence-corrected chi connectivity index (χ1v) is 8.14. The molecule has 2 aliphatic heterocycles. The summed E-state index contributed by atoms with van der Waals surface area (Å²) in [6, 6.07) is 5.31. The lowest BCUT2D eigenvalue weighted by Crippen LogP contribution is -2.50. The summed E-state index contributed by atoms with van der Waals surface area (Å²) in [5, 5.41) is 13.1. The number of hydrogen-bond donors (Lipinski definition) is 2. The molecule has 2 fully saturated rings. The van der Waals surface area contributed by atoms with E-state index in [1.807, 2.05) is 4.90 Å². The number of carbonyl (C=O) groups is 2. The Hall–Kier alpha value is -1.99. The summed E-state index contributed by atoms with van der Waals surface area (Å²) in [6.07, 6.45) is -0.333. The molecular formula is C17H22FN3O3. The Morgan fingerprint density at radius 1 is 1.38 bits per heavy atom. The zero-order valence-electron chi connectivity index (χ0n) is 13.8. The van der Waals surface area contributed by atoms with Gasteiger partial charge in [-0.05, 0) is 38.0 Å². The fourth-order valence-electron chi connectivity index (χ4n) is 3.50. The average molecular weight is 335 g/mol. The van der Waals surface area contributed by atoms with Crippen molar-refractivity contribution in [1.29, 1.82) is 0 Å². The molecule has 2 atom stereocenters. The van der Waals surface area contributed by atoms with Gasteiger partial charge < -0.3 is 10.4 Å². The highest BCUT2D eigenvalue weighted by molar-refractivity contribution is 6.07. The van der Waals surface area contributed by atoms with Crippen LogP contribution in [0.1, 0.15) is 31.9 Å². The second kappa shape index (κ2) is 6.14. The zero-order chi connectivity index (χ0) is 17.5. The fraction of sp³-hybridized carbons (Fsp3) is 0.529. The number of carbonyl (C=O) groups excluding carboxylic acids is 2. The standard InChI is InChI=1S/C17H22FN3O3/c1-11(2)21-15(23)17(19-16(21)24)6-7-20(10-17)9-14(22)12-4-3-5-13(18)8-12/h3-5,8,11,14,22H,6-7,9-10H2,1-2H3,(H,19,24)/t14-,17+/m1/s1. The van der Waals surface area contributed by atoms with E-state index in [0.29, 0.717) is 25.1 Å². The third-order valence-electron chi connectivity index (χ3n) is 4.72. The molecule has 1 aromatic rings. The fourth-order valence-corrected chi connectivity index (χ4v) is 3.50. The van der Waals surface area contributed by atoms with Crippen LogP contribution in [0.5, 0.6) is 0 Å². The van der Waals surface area contributed by atoms with Gasteiger partial charge in [0.2, 0.25) is 0 Å². The first kappa shape index (κ1) is 16.9. The average Bonchev–Trinajstić information content (AvgIpc) is 3.01. The molecule has 0 unspecified atom stereocenters. The van der Waals surface area contributed by atoms with Crippen LogP contribution in [0.25, 0.3) is 0 Å². The number of halogens is 1. The zero-order valence-corrected chi connectivity index (χ0v) is 13.8. The lowest BCUT2D eigenvalue weighted by Gasteiger charge is -2.24. The minimum atomic E-state index is -0.900. The number of nitrogens with one attached hydrogen (secondary N) is 1. The van der Waals surface area contributed by atoms with Crippen LogP contribution in [-0.4, -0.2) is 58.1 Å². The van der Waals surface area contributed by atoms with Crippen LogP contribution in [0.15, 0.2) is 24.3 Å². The first-order chi connectivity index (χ1) is 11.3. The van der Waals surface area contributed by atoms with Crippen LogP contribution in [-0.2, 0) is 4.79 Å². The van der Waals surface area contributed by atoms with Crippen molar-refractivity contribution >= 4 is 11.9 Å². The van der Waals surface area contributed by atoms with E-state index < -0.39 is 17.5 Å². The Balaban J connectivity index is 1.68. The van der Waals surface area contributed by atoms with Crippen molar-refractivity contribution in [3.05, 3.63) is 35.6 Å². The number of likely N-dealkylation sites (tertiary alicyclic amines) is 1. The number of aliphatic hydroxyl groups is 1. The van der Waals surface area contributed by atoms with E-state index in [0.717, 1.165) is 0 Å². The lowest BCUT2D eigenvalue weighted by atomic mass is 9.98. The molecule has 130 valence electrons. The van der Waals surface area contributed by atoms with Gasteiger partial charge in [0, 0.05) is 25.7 Å². The molecule has 3 amide bonds. The second-order valence-electron chi connectivity index (χ2n) is 6.84. The van der Waals surface area contributed by atoms with Gasteiger partial charge in [0.25, 0.3) is 5.91 Å². The van der Waals surface area contributed by atoms with E-state index in [4.69, 9.17) is 0 Å². The van der Waals surface area contributed by atoms with Crippen molar-refractivity contribution in [2.75, 3.05) is 19.6 Å². The summed E-state index contributed by atoms with van der Waals surface area (Å²) in [6.45, 7) is 4.83. The topological polar surface area (TPSA) is 72.9 Å². The quantitative estimate of drug-likeness (QED) is 0.813. The van der Waals surface area contributed by atoms with Gasteiger partial charge in [-0.15, -0.1) is 0 Å². The number of benzene rings is 1. The molecule has 7 heteroatoms. The number of hydrogen-bond acceptors (Lipinski definition) is 4. The maximum absolute atomic E-state index is 13.3. The van der Waals surface area contributed by atoms with Gasteiger partial charge >= 0.3 is 6.03 Å². The van der Waals surface area contributed by atoms with Gasteiger partial charge in [-0.3, -0.25) is 14.6 Å². The second-order valence-corrected chi connectivity index (χ2v) is 6.84. The maximum atomic E-state index is 13.3. The molecule has 6 nitrogen and oxygen atoms in total. The van der Waals surface area contributed by atoms with Gasteiger partial charge in [0.05, 0.1) is 6.10 Å². The Morgan fingerprint density at radius 2 is 2.12 bits per heavy atom. The molecule has 2 aliphatic rings. The summed E-state index contributed by atoms with van der Waals surface area (Å²) < 4.78 is 13.3. The predicted molar refractivity (Wildman–Crippen MR) is 85.7 cm³/mol. The third kappa shape index (κ3) is 2.89. The SMILES string of the molecule is CC(C)N1C(=O)N[C@]2(CCN(C[C@@H](O)c3cccc(F)c3)C2)C1=O. The molecule has 2 heterocycles. The van der Waals surface area contributed by atoms with Crippen LogP contribution >= 0.6 is 0 Å². The molecule has 0 radical (unpaired) electrons. The van der Waals surface area contributed by atoms with Crippen molar-refractivity contribution in [2.24, 2.45) is 0 Å². The Kier molecular flexibility index (Phi) is 4.31. The predicted octanol–water partition coefficient (Wildman–Crippen LogP) is 1.26. The van der Waals surface area contributed by atoms with Gasteiger partial charge in [-0.25, -0.2) is 9.18 Å². The van der Waals surface area contributed by atoms with Crippen molar-refractivity contribution in [2.45, 2.75) is 38.0 Å². The molecule has 3 rings (SSSR count). The van der Waals surface area contributed by atoms with E-state index in [1.165, 1.54) is 17.0 Å². The van der Waals surface area contributed by atoms with Crippen LogP contribution in [0.2, 0.25) is 0 Å². The highest BCUT2D eigenvalue weighted by Gasteiger charge is 2.55. The Labute approximate surface area is 140 Å². The number of nitrogens with zero attached hydrogens (tertiary/aromatic N) is 2. The van der Waals surface area contributed by atoms with Gasteiger partial charge in [0.1, 0.15) is 11.4 Å². The number of amides is 3. The number of β-amino-alcohol motifs (C(OH)–C–C–N with tert-alkyl or cyclic N) is 1. The van der Waals surface area contributed by atoms with Crippen LogP contribution < -0.4 is 5.32 Å². The van der Waals surface area contributed by atoms with Crippen molar-refractivity contribution in [1.82, 2.24) is 15.1 Å². The van der Waals surface area contributed by atoms with Crippen molar-refractivity contribution < 1.29 is 19.1 Å². The first-order valence-electron chi connectivity index (χ1n) is 8.14. The molecule has 2 saturated heterocycles. The highest BCUT2D eigenvalue weighted by Crippen LogP contribution is 2.30. The van der Waals surface area contributed by atoms with E-state index in [-0.39, 0.29) is 24.5 Å². The molecular weight excluding hydrogens is 313 g/mol. The molecule has 24 heavy (non-hydrogen) atoms. The van der Waals surface area contributed by atoms with Crippen molar-refractivity contribution in [3.8, 4) is 0 Å². The Morgan fingerprint density at radius 3 is 2.75 bits per heavy atom. The molecule has 2 N–H and O–H groups in total. The smallest absolute Gasteiger partial charge is 0.325 e. The maximum Gasteiger partial charge on any atom is 0.325 e. The summed E-state index contributed by atoms with van der Waals surface area (Å²) in [5.74, 6) is -0.597. The van der Waals surface area contributed by atoms with E-state index >= 15 is 0 Å². The number of urea groups is 1. The summed E-state index contributed by atoms with van der Waals surface area (Å²) >= 11 is 0. The van der Waals surface area contributed by atoms with Crippen molar-refractivity contribution in [3.63, 3.8) is 0 Å². The number of imide groups is 1. The number of rotatable bonds is 4. The molecule has 0 aromatic heterocycles. The van der Waals surface area contributed by atoms with Gasteiger partial charge in [0.15, 0.2) is 0 Å². The monoisotopic (exact) mass is 335 g/mol. The van der Waals surface area contributed by atoms with E-state index in [1.54, 1.807) is 26.0 Å². The van der Waals surface area contributed by atoms with Crippen LogP contribution in [0.4, 0.5) is 9.18 Å². The lowest BCUT2D eigenvalue weighted by molar-refractivity contribution is -0.132. The minimum Gasteiger partial charge on any atom is -0.387 e. The third-order valence-corrected chi connectivity index (χ3v) is 4.72. The van der Waals surface area contributed by atoms with Crippen LogP contribution in [0.3, 0.4) is 0 Å². The highest BCUT2D eigenvalue weighted by atomic mass is 19.1. The van der Waals surface area contributed by atoms with Crippen LogP contribution in [0, 0.1) is 5.82 Å². The van der Waals surface area contributed by atoms with Gasteiger partial charge in [-0.1, -0.05) is 12.1 Å². The molecule has 0 bridgehead atoms. The minimum absolute atomic E-state index is 0.191. The number of aliphatic hydroxyl groups excluding tert-OH is 1.